The van der Waals surface area contributed by atoms with Gasteiger partial charge in [0.2, 0.25) is 0 Å². The molecule has 0 radical (unpaired) electrons. The number of fused-ring (bicyclic) bond motifs is 2. The second-order valence-electron chi connectivity index (χ2n) is 7.00. The second-order valence-corrected chi connectivity index (χ2v) is 7.00. The van der Waals surface area contributed by atoms with Crippen molar-refractivity contribution in [3.63, 3.8) is 0 Å². The molecule has 0 unspecified atom stereocenters. The summed E-state index contributed by atoms with van der Waals surface area (Å²) in [5.74, 6) is 0.0535. The predicted molar refractivity (Wildman–Crippen MR) is 121 cm³/mol. The molecule has 0 aliphatic rings. The fourth-order valence-electron chi connectivity index (χ4n) is 3.38. The number of carbonyl (C=O) groups is 2. The molecule has 8 heteroatoms. The van der Waals surface area contributed by atoms with E-state index in [2.05, 4.69) is 30.6 Å². The monoisotopic (exact) mass is 420 g/mol. The van der Waals surface area contributed by atoms with E-state index in [-0.39, 0.29) is 11.8 Å². The van der Waals surface area contributed by atoms with Gasteiger partial charge in [-0.05, 0) is 53.2 Å². The van der Waals surface area contributed by atoms with Crippen molar-refractivity contribution in [1.82, 2.24) is 19.9 Å². The molecule has 4 aromatic heterocycles. The maximum absolute atomic E-state index is 12.8. The molecule has 1 aromatic carbocycles. The quantitative estimate of drug-likeness (QED) is 0.453. The number of amides is 2. The minimum Gasteiger partial charge on any atom is -0.306 e. The number of benzene rings is 1. The first kappa shape index (κ1) is 19.3. The molecule has 0 atom stereocenters. The number of hydrogen-bond donors (Lipinski definition) is 2. The first-order valence-electron chi connectivity index (χ1n) is 9.79. The average Bonchev–Trinajstić information content (AvgIpc) is 2.84. The smallest absolute Gasteiger partial charge is 0.256 e. The molecule has 0 fully saturated rings. The van der Waals surface area contributed by atoms with Crippen molar-refractivity contribution in [2.45, 2.75) is 0 Å². The van der Waals surface area contributed by atoms with Crippen molar-refractivity contribution >= 4 is 45.0 Å². The van der Waals surface area contributed by atoms with Crippen molar-refractivity contribution in [2.75, 3.05) is 10.6 Å². The van der Waals surface area contributed by atoms with Crippen molar-refractivity contribution in [2.24, 2.45) is 0 Å². The Hall–Kier alpha value is -4.72. The zero-order valence-corrected chi connectivity index (χ0v) is 16.7. The molecule has 0 spiro atoms. The normalized spacial score (nSPS) is 10.8. The number of anilines is 2. The Balaban J connectivity index is 1.39. The highest BCUT2D eigenvalue weighted by Gasteiger charge is 2.14. The molecule has 0 aliphatic carbocycles. The Morgan fingerprint density at radius 3 is 1.59 bits per heavy atom. The van der Waals surface area contributed by atoms with Crippen LogP contribution in [0.1, 0.15) is 20.7 Å². The molecule has 0 saturated heterocycles. The summed E-state index contributed by atoms with van der Waals surface area (Å²) >= 11 is 0. The number of aromatic nitrogens is 4. The van der Waals surface area contributed by atoms with Crippen LogP contribution in [-0.4, -0.2) is 31.8 Å². The van der Waals surface area contributed by atoms with Crippen LogP contribution in [0, 0.1) is 0 Å². The molecule has 0 saturated carbocycles. The lowest BCUT2D eigenvalue weighted by Crippen LogP contribution is -2.16. The highest BCUT2D eigenvalue weighted by molar-refractivity contribution is 6.11. The zero-order chi connectivity index (χ0) is 21.9. The van der Waals surface area contributed by atoms with Crippen LogP contribution in [0.4, 0.5) is 11.6 Å². The lowest BCUT2D eigenvalue weighted by Gasteiger charge is -2.10. The van der Waals surface area contributed by atoms with Crippen molar-refractivity contribution < 1.29 is 9.59 Å². The van der Waals surface area contributed by atoms with Crippen LogP contribution in [0.5, 0.6) is 0 Å². The summed E-state index contributed by atoms with van der Waals surface area (Å²) in [7, 11) is 0. The Bertz CT molecular complexity index is 1370. The molecule has 8 nitrogen and oxygen atoms in total. The van der Waals surface area contributed by atoms with Crippen molar-refractivity contribution in [3.05, 3.63) is 96.8 Å². The number of hydrogen-bond acceptors (Lipinski definition) is 6. The van der Waals surface area contributed by atoms with E-state index in [9.17, 15) is 9.59 Å². The van der Waals surface area contributed by atoms with Gasteiger partial charge in [-0.2, -0.15) is 0 Å². The Morgan fingerprint density at radius 2 is 1.09 bits per heavy atom. The molecule has 4 heterocycles. The van der Waals surface area contributed by atoms with Crippen LogP contribution in [0.2, 0.25) is 0 Å². The summed E-state index contributed by atoms with van der Waals surface area (Å²) in [4.78, 5) is 42.4. The molecular formula is C24H16N6O2. The largest absolute Gasteiger partial charge is 0.306 e. The first-order chi connectivity index (χ1) is 15.7. The van der Waals surface area contributed by atoms with Gasteiger partial charge in [0.25, 0.3) is 11.8 Å². The molecule has 0 aliphatic heterocycles. The third kappa shape index (κ3) is 3.72. The standard InChI is InChI=1S/C24H16N6O2/c31-23(29-21-19-13-25-8-4-15(19)6-10-27-21)17-2-1-3-18(12-17)24(32)30-22-20-14-26-9-5-16(20)7-11-28-22/h1-14H,(H,27,29,31)(H,28,30,32). The van der Waals surface area contributed by atoms with E-state index in [0.29, 0.717) is 22.8 Å². The first-order valence-corrected chi connectivity index (χ1v) is 9.79. The van der Waals surface area contributed by atoms with Crippen LogP contribution in [0.3, 0.4) is 0 Å². The molecule has 0 bridgehead atoms. The fraction of sp³-hybridized carbons (Fsp3) is 0. The summed E-state index contributed by atoms with van der Waals surface area (Å²) in [6.07, 6.45) is 9.89. The van der Waals surface area contributed by atoms with E-state index >= 15 is 0 Å². The van der Waals surface area contributed by atoms with Gasteiger partial charge in [-0.3, -0.25) is 19.6 Å². The second kappa shape index (κ2) is 8.19. The highest BCUT2D eigenvalue weighted by atomic mass is 16.2. The van der Waals surface area contributed by atoms with Crippen molar-refractivity contribution in [1.29, 1.82) is 0 Å². The SMILES string of the molecule is O=C(Nc1nccc2ccncc12)c1cccc(C(=O)Nc2nccc3ccncc23)c1. The highest BCUT2D eigenvalue weighted by Crippen LogP contribution is 2.22. The van der Waals surface area contributed by atoms with Crippen molar-refractivity contribution in [3.8, 4) is 0 Å². The van der Waals surface area contributed by atoms with Gasteiger partial charge in [0.05, 0.1) is 0 Å². The molecule has 5 rings (SSSR count). The summed E-state index contributed by atoms with van der Waals surface area (Å²) in [6, 6.07) is 13.8. The summed E-state index contributed by atoms with van der Waals surface area (Å²) in [5, 5.41) is 8.88. The number of nitrogens with zero attached hydrogens (tertiary/aromatic N) is 4. The summed E-state index contributed by atoms with van der Waals surface area (Å²) in [6.45, 7) is 0. The molecular weight excluding hydrogens is 404 g/mol. The van der Waals surface area contributed by atoms with E-state index in [0.717, 1.165) is 21.5 Å². The van der Waals surface area contributed by atoms with E-state index in [1.165, 1.54) is 6.07 Å². The van der Waals surface area contributed by atoms with Gasteiger partial charge in [-0.15, -0.1) is 0 Å². The van der Waals surface area contributed by atoms with Crippen LogP contribution in [0.15, 0.2) is 85.7 Å². The lowest BCUT2D eigenvalue weighted by atomic mass is 10.1. The van der Waals surface area contributed by atoms with Crippen LogP contribution in [0.25, 0.3) is 21.5 Å². The van der Waals surface area contributed by atoms with Gasteiger partial charge in [-0.25, -0.2) is 9.97 Å². The molecule has 2 N–H and O–H groups in total. The van der Waals surface area contributed by atoms with E-state index in [1.54, 1.807) is 55.4 Å². The topological polar surface area (TPSA) is 110 Å². The number of carbonyl (C=O) groups excluding carboxylic acids is 2. The van der Waals surface area contributed by atoms with E-state index in [4.69, 9.17) is 0 Å². The van der Waals surface area contributed by atoms with Gasteiger partial charge in [-0.1, -0.05) is 6.07 Å². The maximum Gasteiger partial charge on any atom is 0.256 e. The van der Waals surface area contributed by atoms with Gasteiger partial charge in [0.15, 0.2) is 0 Å². The predicted octanol–water partition coefficient (Wildman–Crippen LogP) is 4.08. The lowest BCUT2D eigenvalue weighted by molar-refractivity contribution is 0.102. The van der Waals surface area contributed by atoms with E-state index < -0.39 is 0 Å². The molecule has 5 aromatic rings. The minimum atomic E-state index is -0.379. The third-order valence-corrected chi connectivity index (χ3v) is 4.99. The molecule has 154 valence electrons. The number of rotatable bonds is 4. The molecule has 2 amide bonds. The fourth-order valence-corrected chi connectivity index (χ4v) is 3.38. The zero-order valence-electron chi connectivity index (χ0n) is 16.7. The Labute approximate surface area is 182 Å². The van der Waals surface area contributed by atoms with Gasteiger partial charge in [0, 0.05) is 59.1 Å². The van der Waals surface area contributed by atoms with Crippen LogP contribution >= 0.6 is 0 Å². The molecule has 32 heavy (non-hydrogen) atoms. The maximum atomic E-state index is 12.8. The van der Waals surface area contributed by atoms with E-state index in [1.807, 2.05) is 24.3 Å². The van der Waals surface area contributed by atoms with Crippen LogP contribution in [-0.2, 0) is 0 Å². The van der Waals surface area contributed by atoms with Gasteiger partial charge >= 0.3 is 0 Å². The number of nitrogens with one attached hydrogen (secondary N) is 2. The van der Waals surface area contributed by atoms with Gasteiger partial charge in [0.1, 0.15) is 11.6 Å². The Kier molecular flexibility index (Phi) is 4.93. The summed E-state index contributed by atoms with van der Waals surface area (Å²) in [5.41, 5.74) is 0.653. The average molecular weight is 420 g/mol. The van der Waals surface area contributed by atoms with Crippen LogP contribution < -0.4 is 10.6 Å². The third-order valence-electron chi connectivity index (χ3n) is 4.99. The Morgan fingerprint density at radius 1 is 0.625 bits per heavy atom. The minimum absolute atomic E-state index is 0.327. The summed E-state index contributed by atoms with van der Waals surface area (Å²) < 4.78 is 0. The number of pyridine rings is 4. The van der Waals surface area contributed by atoms with Gasteiger partial charge < -0.3 is 10.6 Å².